The molecule has 1 aromatic carbocycles. The Morgan fingerprint density at radius 2 is 2.09 bits per heavy atom. The Morgan fingerprint density at radius 1 is 1.39 bits per heavy atom. The maximum absolute atomic E-state index is 13.5. The molecule has 0 heterocycles. The number of hydrogen-bond donors (Lipinski definition) is 1. The van der Waals surface area contributed by atoms with E-state index in [1.54, 1.807) is 13.0 Å². The van der Waals surface area contributed by atoms with Crippen LogP contribution in [0.5, 0.6) is 0 Å². The highest BCUT2D eigenvalue weighted by molar-refractivity contribution is 6.12. The fourth-order valence-electron chi connectivity index (χ4n) is 1.85. The highest BCUT2D eigenvalue weighted by Crippen LogP contribution is 2.14. The first-order valence-electron chi connectivity index (χ1n) is 7.46. The van der Waals surface area contributed by atoms with Gasteiger partial charge in [-0.3, -0.25) is 9.59 Å². The van der Waals surface area contributed by atoms with Gasteiger partial charge in [-0.15, -0.1) is 0 Å². The number of nitriles is 1. The molecule has 124 valence electrons. The first kappa shape index (κ1) is 18.8. The van der Waals surface area contributed by atoms with Crippen molar-refractivity contribution in [3.8, 4) is 6.07 Å². The van der Waals surface area contributed by atoms with E-state index >= 15 is 0 Å². The molecule has 0 fully saturated rings. The van der Waals surface area contributed by atoms with Crippen LogP contribution in [0.4, 0.5) is 4.39 Å². The predicted octanol–water partition coefficient (Wildman–Crippen LogP) is 2.39. The van der Waals surface area contributed by atoms with Crippen molar-refractivity contribution in [1.29, 1.82) is 5.26 Å². The average molecular weight is 320 g/mol. The van der Waals surface area contributed by atoms with Gasteiger partial charge >= 0.3 is 0 Å². The topological polar surface area (TPSA) is 79.2 Å². The number of carbonyl (C=O) groups is 2. The molecule has 1 N–H and O–H groups in total. The van der Waals surface area contributed by atoms with Gasteiger partial charge in [0.25, 0.3) is 0 Å². The summed E-state index contributed by atoms with van der Waals surface area (Å²) in [7, 11) is 0. The van der Waals surface area contributed by atoms with Gasteiger partial charge in [-0.05, 0) is 38.8 Å². The number of Topliss-reactive ketones (excluding diaryl/α,β-unsaturated/α-hetero) is 1. The minimum atomic E-state index is -1.48. The molecular formula is C17H21FN2O3. The van der Waals surface area contributed by atoms with Crippen molar-refractivity contribution < 1.29 is 18.7 Å². The SMILES string of the molecule is Cc1ccc(C(=O)C(C#N)C(=O)NCCCOC(C)C)cc1F. The van der Waals surface area contributed by atoms with E-state index in [4.69, 9.17) is 10.00 Å². The Labute approximate surface area is 135 Å². The van der Waals surface area contributed by atoms with Crippen molar-refractivity contribution in [2.45, 2.75) is 33.3 Å². The summed E-state index contributed by atoms with van der Waals surface area (Å²) in [6.07, 6.45) is 0.686. The van der Waals surface area contributed by atoms with Crippen molar-refractivity contribution in [3.05, 3.63) is 35.1 Å². The largest absolute Gasteiger partial charge is 0.379 e. The van der Waals surface area contributed by atoms with E-state index in [9.17, 15) is 14.0 Å². The number of carbonyl (C=O) groups excluding carboxylic acids is 2. The molecule has 1 atom stereocenters. The van der Waals surface area contributed by atoms with Gasteiger partial charge in [-0.2, -0.15) is 5.26 Å². The molecule has 0 spiro atoms. The minimum absolute atomic E-state index is 0.0120. The van der Waals surface area contributed by atoms with Gasteiger partial charge in [0, 0.05) is 18.7 Å². The Kier molecular flexibility index (Phi) is 7.36. The zero-order valence-electron chi connectivity index (χ0n) is 13.6. The van der Waals surface area contributed by atoms with E-state index in [0.717, 1.165) is 6.07 Å². The number of ether oxygens (including phenoxy) is 1. The average Bonchev–Trinajstić information content (AvgIpc) is 2.50. The number of amides is 1. The molecule has 0 aliphatic carbocycles. The molecule has 0 radical (unpaired) electrons. The predicted molar refractivity (Wildman–Crippen MR) is 83.3 cm³/mol. The van der Waals surface area contributed by atoms with Gasteiger partial charge in [0.15, 0.2) is 11.7 Å². The summed E-state index contributed by atoms with van der Waals surface area (Å²) in [5.41, 5.74) is 0.405. The van der Waals surface area contributed by atoms with Crippen LogP contribution < -0.4 is 5.32 Å². The van der Waals surface area contributed by atoms with Crippen LogP contribution >= 0.6 is 0 Å². The van der Waals surface area contributed by atoms with E-state index in [2.05, 4.69) is 5.32 Å². The Balaban J connectivity index is 2.61. The second-order valence-corrected chi connectivity index (χ2v) is 5.45. The Bertz CT molecular complexity index is 608. The van der Waals surface area contributed by atoms with Gasteiger partial charge in [0.2, 0.25) is 5.91 Å². The second kappa shape index (κ2) is 9.01. The molecule has 1 amide bonds. The van der Waals surface area contributed by atoms with Gasteiger partial charge in [0.05, 0.1) is 12.2 Å². The molecule has 1 aromatic rings. The number of aryl methyl sites for hydroxylation is 1. The summed E-state index contributed by atoms with van der Waals surface area (Å²) in [5, 5.41) is 11.6. The maximum Gasteiger partial charge on any atom is 0.245 e. The third-order valence-electron chi connectivity index (χ3n) is 3.18. The zero-order valence-corrected chi connectivity index (χ0v) is 13.6. The van der Waals surface area contributed by atoms with Crippen molar-refractivity contribution in [2.24, 2.45) is 5.92 Å². The molecule has 1 unspecified atom stereocenters. The third kappa shape index (κ3) is 5.80. The summed E-state index contributed by atoms with van der Waals surface area (Å²) in [5.74, 6) is -3.41. The van der Waals surface area contributed by atoms with Crippen molar-refractivity contribution in [1.82, 2.24) is 5.32 Å². The molecule has 0 saturated heterocycles. The van der Waals surface area contributed by atoms with Gasteiger partial charge in [-0.25, -0.2) is 4.39 Å². The fraction of sp³-hybridized carbons (Fsp3) is 0.471. The van der Waals surface area contributed by atoms with Crippen LogP contribution in [0, 0.1) is 30.0 Å². The summed E-state index contributed by atoms with van der Waals surface area (Å²) in [6, 6.07) is 5.58. The number of nitrogens with zero attached hydrogens (tertiary/aromatic N) is 1. The first-order chi connectivity index (χ1) is 10.9. The number of halogens is 1. The molecule has 0 aliphatic rings. The number of hydrogen-bond acceptors (Lipinski definition) is 4. The fourth-order valence-corrected chi connectivity index (χ4v) is 1.85. The van der Waals surface area contributed by atoms with E-state index in [1.807, 2.05) is 13.8 Å². The van der Waals surface area contributed by atoms with E-state index in [-0.39, 0.29) is 11.7 Å². The molecule has 0 aliphatic heterocycles. The lowest BCUT2D eigenvalue weighted by atomic mass is 9.97. The van der Waals surface area contributed by atoms with E-state index in [1.165, 1.54) is 12.1 Å². The van der Waals surface area contributed by atoms with Crippen molar-refractivity contribution in [3.63, 3.8) is 0 Å². The zero-order chi connectivity index (χ0) is 17.4. The Hall–Kier alpha value is -2.26. The lowest BCUT2D eigenvalue weighted by Crippen LogP contribution is -2.35. The molecule has 0 saturated carbocycles. The quantitative estimate of drug-likeness (QED) is 0.453. The lowest BCUT2D eigenvalue weighted by molar-refractivity contribution is -0.122. The molecule has 1 rings (SSSR count). The third-order valence-corrected chi connectivity index (χ3v) is 3.18. The summed E-state index contributed by atoms with van der Waals surface area (Å²) < 4.78 is 18.8. The molecular weight excluding hydrogens is 299 g/mol. The van der Waals surface area contributed by atoms with Crippen LogP contribution in [0.3, 0.4) is 0 Å². The number of nitrogens with one attached hydrogen (secondary N) is 1. The van der Waals surface area contributed by atoms with Crippen LogP contribution in [-0.2, 0) is 9.53 Å². The van der Waals surface area contributed by atoms with Crippen LogP contribution in [-0.4, -0.2) is 30.9 Å². The van der Waals surface area contributed by atoms with Crippen molar-refractivity contribution >= 4 is 11.7 Å². The number of rotatable bonds is 8. The van der Waals surface area contributed by atoms with Crippen LogP contribution in [0.2, 0.25) is 0 Å². The monoisotopic (exact) mass is 320 g/mol. The van der Waals surface area contributed by atoms with Crippen LogP contribution in [0.25, 0.3) is 0 Å². The normalized spacial score (nSPS) is 11.8. The maximum atomic E-state index is 13.5. The molecule has 0 bridgehead atoms. The van der Waals surface area contributed by atoms with Crippen LogP contribution in [0.1, 0.15) is 36.2 Å². The standard InChI is InChI=1S/C17H21FN2O3/c1-11(2)23-8-4-7-20-17(22)14(10-19)16(21)13-6-5-12(3)15(18)9-13/h5-6,9,11,14H,4,7-8H2,1-3H3,(H,20,22). The lowest BCUT2D eigenvalue weighted by Gasteiger charge is -2.11. The second-order valence-electron chi connectivity index (χ2n) is 5.45. The molecule has 23 heavy (non-hydrogen) atoms. The van der Waals surface area contributed by atoms with E-state index in [0.29, 0.717) is 25.1 Å². The number of benzene rings is 1. The first-order valence-corrected chi connectivity index (χ1v) is 7.46. The van der Waals surface area contributed by atoms with Gasteiger partial charge in [0.1, 0.15) is 5.82 Å². The minimum Gasteiger partial charge on any atom is -0.379 e. The highest BCUT2D eigenvalue weighted by Gasteiger charge is 2.27. The summed E-state index contributed by atoms with van der Waals surface area (Å²) >= 11 is 0. The summed E-state index contributed by atoms with van der Waals surface area (Å²) in [4.78, 5) is 24.1. The molecule has 6 heteroatoms. The highest BCUT2D eigenvalue weighted by atomic mass is 19.1. The smallest absolute Gasteiger partial charge is 0.245 e. The van der Waals surface area contributed by atoms with Gasteiger partial charge < -0.3 is 10.1 Å². The van der Waals surface area contributed by atoms with E-state index < -0.39 is 23.4 Å². The summed E-state index contributed by atoms with van der Waals surface area (Å²) in [6.45, 7) is 6.16. The van der Waals surface area contributed by atoms with Gasteiger partial charge in [-0.1, -0.05) is 12.1 Å². The Morgan fingerprint density at radius 3 is 2.65 bits per heavy atom. The van der Waals surface area contributed by atoms with Crippen LogP contribution in [0.15, 0.2) is 18.2 Å². The van der Waals surface area contributed by atoms with Crippen molar-refractivity contribution in [2.75, 3.05) is 13.2 Å². The molecule has 0 aromatic heterocycles. The molecule has 5 nitrogen and oxygen atoms in total. The number of ketones is 1.